The van der Waals surface area contributed by atoms with E-state index in [0.717, 1.165) is 19.4 Å². The van der Waals surface area contributed by atoms with Gasteiger partial charge >= 0.3 is 0 Å². The molecule has 1 nitrogen and oxygen atoms in total. The maximum atomic E-state index is 6.17. The smallest absolute Gasteiger partial charge is 0.0629 e. The van der Waals surface area contributed by atoms with Gasteiger partial charge in [-0.05, 0) is 45.4 Å². The molecule has 0 aromatic heterocycles. The lowest BCUT2D eigenvalue weighted by Crippen LogP contribution is -2.08. The minimum absolute atomic E-state index is 0.198. The van der Waals surface area contributed by atoms with Gasteiger partial charge in [-0.3, -0.25) is 0 Å². The number of ether oxygens (including phenoxy) is 1. The lowest BCUT2D eigenvalue weighted by molar-refractivity contribution is 0.145. The molecule has 2 heteroatoms. The Morgan fingerprint density at radius 1 is 0.818 bits per heavy atom. The van der Waals surface area contributed by atoms with Crippen molar-refractivity contribution in [3.05, 3.63) is 24.3 Å². The van der Waals surface area contributed by atoms with E-state index in [9.17, 15) is 0 Å². The zero-order valence-electron chi connectivity index (χ0n) is 14.9. The van der Waals surface area contributed by atoms with Crippen LogP contribution in [0.2, 0.25) is 0 Å². The van der Waals surface area contributed by atoms with Gasteiger partial charge in [0.1, 0.15) is 0 Å². The van der Waals surface area contributed by atoms with Crippen molar-refractivity contribution in [2.45, 2.75) is 89.9 Å². The fourth-order valence-electron chi connectivity index (χ4n) is 2.33. The van der Waals surface area contributed by atoms with Gasteiger partial charge in [-0.15, -0.1) is 11.6 Å². The van der Waals surface area contributed by atoms with Crippen molar-refractivity contribution in [1.82, 2.24) is 0 Å². The summed E-state index contributed by atoms with van der Waals surface area (Å²) in [5.74, 6) is 0. The maximum absolute atomic E-state index is 6.17. The van der Waals surface area contributed by atoms with Crippen molar-refractivity contribution in [3.63, 3.8) is 0 Å². The highest BCUT2D eigenvalue weighted by molar-refractivity contribution is 6.20. The molecule has 0 aliphatic carbocycles. The van der Waals surface area contributed by atoms with Gasteiger partial charge in [0.05, 0.1) is 12.0 Å². The summed E-state index contributed by atoms with van der Waals surface area (Å²) in [6.45, 7) is 5.73. The molecule has 0 radical (unpaired) electrons. The normalized spacial score (nSPS) is 13.4. The largest absolute Gasteiger partial charge is 0.380 e. The van der Waals surface area contributed by atoms with Crippen molar-refractivity contribution in [1.29, 1.82) is 0 Å². The van der Waals surface area contributed by atoms with E-state index in [0.29, 0.717) is 6.61 Å². The summed E-state index contributed by atoms with van der Waals surface area (Å²) in [4.78, 5) is 0. The van der Waals surface area contributed by atoms with Crippen molar-refractivity contribution >= 4 is 11.6 Å². The Kier molecular flexibility index (Phi) is 18.5. The second-order valence-electron chi connectivity index (χ2n) is 5.92. The van der Waals surface area contributed by atoms with Gasteiger partial charge < -0.3 is 4.74 Å². The SMILES string of the molecule is CCCCC/C=C\C/C=C\CCCCCCC(Cl)COCC. The van der Waals surface area contributed by atoms with Gasteiger partial charge in [0.25, 0.3) is 0 Å². The van der Waals surface area contributed by atoms with Gasteiger partial charge in [0.2, 0.25) is 0 Å². The first-order valence-corrected chi connectivity index (χ1v) is 9.76. The first kappa shape index (κ1) is 21.7. The van der Waals surface area contributed by atoms with E-state index in [1.54, 1.807) is 0 Å². The Bertz CT molecular complexity index is 260. The average Bonchev–Trinajstić information content (AvgIpc) is 2.53. The molecule has 0 aliphatic heterocycles. The first-order valence-electron chi connectivity index (χ1n) is 9.33. The Balaban J connectivity index is 3.23. The molecule has 0 amide bonds. The topological polar surface area (TPSA) is 9.23 Å². The van der Waals surface area contributed by atoms with E-state index < -0.39 is 0 Å². The van der Waals surface area contributed by atoms with Crippen LogP contribution in [0.5, 0.6) is 0 Å². The van der Waals surface area contributed by atoms with Gasteiger partial charge in [-0.25, -0.2) is 0 Å². The molecule has 1 unspecified atom stereocenters. The Morgan fingerprint density at radius 2 is 1.45 bits per heavy atom. The van der Waals surface area contributed by atoms with Crippen LogP contribution in [0.3, 0.4) is 0 Å². The van der Waals surface area contributed by atoms with E-state index in [4.69, 9.17) is 16.3 Å². The molecule has 0 aromatic rings. The predicted molar refractivity (Wildman–Crippen MR) is 101 cm³/mol. The van der Waals surface area contributed by atoms with Gasteiger partial charge in [-0.1, -0.05) is 63.3 Å². The molecular weight excluding hydrogens is 292 g/mol. The van der Waals surface area contributed by atoms with Crippen LogP contribution >= 0.6 is 11.6 Å². The van der Waals surface area contributed by atoms with E-state index in [-0.39, 0.29) is 5.38 Å². The van der Waals surface area contributed by atoms with Crippen molar-refractivity contribution in [3.8, 4) is 0 Å². The van der Waals surface area contributed by atoms with Gasteiger partial charge in [0, 0.05) is 6.61 Å². The summed E-state index contributed by atoms with van der Waals surface area (Å²) < 4.78 is 5.32. The van der Waals surface area contributed by atoms with E-state index in [1.807, 2.05) is 6.92 Å². The summed E-state index contributed by atoms with van der Waals surface area (Å²) in [5.41, 5.74) is 0. The Labute approximate surface area is 144 Å². The number of unbranched alkanes of at least 4 members (excludes halogenated alkanes) is 7. The average molecular weight is 329 g/mol. The van der Waals surface area contributed by atoms with Crippen LogP contribution < -0.4 is 0 Å². The second-order valence-corrected chi connectivity index (χ2v) is 6.54. The number of hydrogen-bond donors (Lipinski definition) is 0. The summed E-state index contributed by atoms with van der Waals surface area (Å²) >= 11 is 6.17. The molecular formula is C20H37ClO. The molecule has 0 saturated carbocycles. The van der Waals surface area contributed by atoms with Crippen LogP contribution in [0, 0.1) is 0 Å². The molecule has 0 fully saturated rings. The van der Waals surface area contributed by atoms with E-state index in [1.165, 1.54) is 57.8 Å². The Hall–Kier alpha value is -0.270. The molecule has 0 aromatic carbocycles. The number of allylic oxidation sites excluding steroid dienone is 4. The minimum atomic E-state index is 0.198. The highest BCUT2D eigenvalue weighted by atomic mass is 35.5. The predicted octanol–water partition coefficient (Wildman–Crippen LogP) is 7.05. The second kappa shape index (κ2) is 18.8. The van der Waals surface area contributed by atoms with Crippen LogP contribution in [-0.2, 0) is 4.74 Å². The third-order valence-electron chi connectivity index (χ3n) is 3.72. The zero-order valence-corrected chi connectivity index (χ0v) is 15.6. The molecule has 0 saturated heterocycles. The standard InChI is InChI=1S/C20H37ClO/c1-3-5-6-7-8-9-10-11-12-13-14-15-16-17-18-20(21)19-22-4-2/h8-9,11-12,20H,3-7,10,13-19H2,1-2H3/b9-8-,12-11-. The van der Waals surface area contributed by atoms with Crippen LogP contribution in [0.15, 0.2) is 24.3 Å². The van der Waals surface area contributed by atoms with Crippen molar-refractivity contribution < 1.29 is 4.74 Å². The van der Waals surface area contributed by atoms with Gasteiger partial charge in [-0.2, -0.15) is 0 Å². The molecule has 0 rings (SSSR count). The molecule has 0 spiro atoms. The lowest BCUT2D eigenvalue weighted by atomic mass is 10.1. The summed E-state index contributed by atoms with van der Waals surface area (Å²) in [6.07, 6.45) is 23.0. The Morgan fingerprint density at radius 3 is 2.09 bits per heavy atom. The van der Waals surface area contributed by atoms with Crippen LogP contribution in [-0.4, -0.2) is 18.6 Å². The quantitative estimate of drug-likeness (QED) is 0.167. The van der Waals surface area contributed by atoms with Crippen LogP contribution in [0.25, 0.3) is 0 Å². The number of alkyl halides is 1. The maximum Gasteiger partial charge on any atom is 0.0629 e. The lowest BCUT2D eigenvalue weighted by Gasteiger charge is -2.08. The van der Waals surface area contributed by atoms with Gasteiger partial charge in [0.15, 0.2) is 0 Å². The highest BCUT2D eigenvalue weighted by Crippen LogP contribution is 2.12. The van der Waals surface area contributed by atoms with Crippen molar-refractivity contribution in [2.75, 3.05) is 13.2 Å². The molecule has 0 bridgehead atoms. The number of hydrogen-bond acceptors (Lipinski definition) is 1. The minimum Gasteiger partial charge on any atom is -0.380 e. The zero-order chi connectivity index (χ0) is 16.3. The third-order valence-corrected chi connectivity index (χ3v) is 4.07. The summed E-state index contributed by atoms with van der Waals surface area (Å²) in [6, 6.07) is 0. The van der Waals surface area contributed by atoms with E-state index >= 15 is 0 Å². The molecule has 1 atom stereocenters. The summed E-state index contributed by atoms with van der Waals surface area (Å²) in [7, 11) is 0. The highest BCUT2D eigenvalue weighted by Gasteiger charge is 2.03. The summed E-state index contributed by atoms with van der Waals surface area (Å²) in [5, 5.41) is 0.198. The molecule has 22 heavy (non-hydrogen) atoms. The molecule has 0 N–H and O–H groups in total. The van der Waals surface area contributed by atoms with Crippen LogP contribution in [0.1, 0.15) is 84.5 Å². The fourth-order valence-corrected chi connectivity index (χ4v) is 2.57. The molecule has 130 valence electrons. The third kappa shape index (κ3) is 17.8. The molecule has 0 heterocycles. The van der Waals surface area contributed by atoms with Crippen molar-refractivity contribution in [2.24, 2.45) is 0 Å². The molecule has 0 aliphatic rings. The van der Waals surface area contributed by atoms with Crippen LogP contribution in [0.4, 0.5) is 0 Å². The number of rotatable bonds is 16. The first-order chi connectivity index (χ1) is 10.8. The number of halogens is 1. The fraction of sp³-hybridized carbons (Fsp3) is 0.800. The monoisotopic (exact) mass is 328 g/mol. The van der Waals surface area contributed by atoms with E-state index in [2.05, 4.69) is 31.2 Å².